The molecule has 1 N–H and O–H groups in total. The standard InChI is InChI=1S/C21H23BrN2/c22-18-3-6-20(23-13-18)24-19-4-1-17(2-5-19)21-10-14-7-15(11-21)9-16(8-14)12-21/h1-6,13-16H,7-12H2,(H,23,24). The average Bonchev–Trinajstić information content (AvgIpc) is 2.56. The van der Waals surface area contributed by atoms with Gasteiger partial charge >= 0.3 is 0 Å². The van der Waals surface area contributed by atoms with Gasteiger partial charge in [-0.05, 0) is 107 Å². The van der Waals surface area contributed by atoms with Crippen molar-refractivity contribution >= 4 is 27.4 Å². The first-order chi connectivity index (χ1) is 11.7. The van der Waals surface area contributed by atoms with Crippen LogP contribution in [0, 0.1) is 17.8 Å². The molecule has 1 aromatic heterocycles. The number of hydrogen-bond donors (Lipinski definition) is 1. The maximum absolute atomic E-state index is 4.39. The molecule has 0 atom stereocenters. The van der Waals surface area contributed by atoms with Gasteiger partial charge in [0.05, 0.1) is 0 Å². The zero-order chi connectivity index (χ0) is 16.1. The molecule has 4 saturated carbocycles. The molecule has 4 fully saturated rings. The number of nitrogens with zero attached hydrogens (tertiary/aromatic N) is 1. The fraction of sp³-hybridized carbons (Fsp3) is 0.476. The van der Waals surface area contributed by atoms with E-state index in [-0.39, 0.29) is 0 Å². The van der Waals surface area contributed by atoms with E-state index in [1.54, 1.807) is 5.56 Å². The molecule has 0 unspecified atom stereocenters. The minimum absolute atomic E-state index is 0.489. The van der Waals surface area contributed by atoms with Gasteiger partial charge in [0.15, 0.2) is 0 Å². The van der Waals surface area contributed by atoms with Crippen LogP contribution in [0.5, 0.6) is 0 Å². The van der Waals surface area contributed by atoms with Crippen LogP contribution < -0.4 is 5.32 Å². The van der Waals surface area contributed by atoms with Crippen LogP contribution in [0.25, 0.3) is 0 Å². The lowest BCUT2D eigenvalue weighted by molar-refractivity contribution is -0.00518. The molecule has 4 bridgehead atoms. The predicted octanol–water partition coefficient (Wildman–Crippen LogP) is 6.06. The summed E-state index contributed by atoms with van der Waals surface area (Å²) in [6, 6.07) is 13.2. The Morgan fingerprint density at radius 3 is 2.04 bits per heavy atom. The maximum atomic E-state index is 4.39. The van der Waals surface area contributed by atoms with Gasteiger partial charge in [0.25, 0.3) is 0 Å². The van der Waals surface area contributed by atoms with Crippen LogP contribution >= 0.6 is 15.9 Å². The summed E-state index contributed by atoms with van der Waals surface area (Å²) in [5.41, 5.74) is 3.19. The van der Waals surface area contributed by atoms with Crippen molar-refractivity contribution < 1.29 is 0 Å². The van der Waals surface area contributed by atoms with Crippen LogP contribution in [0.3, 0.4) is 0 Å². The molecule has 0 amide bonds. The van der Waals surface area contributed by atoms with E-state index < -0.39 is 0 Å². The van der Waals surface area contributed by atoms with Gasteiger partial charge in [0, 0.05) is 16.4 Å². The Bertz CT molecular complexity index is 700. The first kappa shape index (κ1) is 14.9. The quantitative estimate of drug-likeness (QED) is 0.697. The molecule has 1 aromatic carbocycles. The fourth-order valence-electron chi connectivity index (χ4n) is 5.97. The number of hydrogen-bond acceptors (Lipinski definition) is 2. The Balaban J connectivity index is 1.37. The lowest BCUT2D eigenvalue weighted by atomic mass is 9.48. The summed E-state index contributed by atoms with van der Waals surface area (Å²) in [6.07, 6.45) is 10.6. The molecule has 2 aromatic rings. The SMILES string of the molecule is Brc1ccc(Nc2ccc(C34CC5CC(CC(C5)C3)C4)cc2)nc1. The molecule has 124 valence electrons. The number of halogens is 1. The minimum Gasteiger partial charge on any atom is -0.340 e. The van der Waals surface area contributed by atoms with E-state index >= 15 is 0 Å². The summed E-state index contributed by atoms with van der Waals surface area (Å²) in [4.78, 5) is 4.39. The van der Waals surface area contributed by atoms with Crippen molar-refractivity contribution in [1.29, 1.82) is 0 Å². The lowest BCUT2D eigenvalue weighted by Gasteiger charge is -2.57. The topological polar surface area (TPSA) is 24.9 Å². The largest absolute Gasteiger partial charge is 0.340 e. The van der Waals surface area contributed by atoms with Crippen LogP contribution in [0.15, 0.2) is 47.1 Å². The molecule has 0 aliphatic heterocycles. The molecule has 0 spiro atoms. The van der Waals surface area contributed by atoms with Gasteiger partial charge < -0.3 is 5.32 Å². The van der Waals surface area contributed by atoms with Gasteiger partial charge in [0.1, 0.15) is 5.82 Å². The van der Waals surface area contributed by atoms with Crippen LogP contribution in [-0.4, -0.2) is 4.98 Å². The number of benzene rings is 1. The van der Waals surface area contributed by atoms with E-state index in [1.165, 1.54) is 38.5 Å². The van der Waals surface area contributed by atoms with Crippen molar-refractivity contribution in [1.82, 2.24) is 4.98 Å². The van der Waals surface area contributed by atoms with E-state index in [0.717, 1.165) is 33.7 Å². The van der Waals surface area contributed by atoms with E-state index in [1.807, 2.05) is 18.3 Å². The smallest absolute Gasteiger partial charge is 0.130 e. The van der Waals surface area contributed by atoms with Gasteiger partial charge in [-0.15, -0.1) is 0 Å². The van der Waals surface area contributed by atoms with Crippen molar-refractivity contribution in [2.75, 3.05) is 5.32 Å². The summed E-state index contributed by atoms with van der Waals surface area (Å²) in [5.74, 6) is 3.89. The minimum atomic E-state index is 0.489. The monoisotopic (exact) mass is 382 g/mol. The summed E-state index contributed by atoms with van der Waals surface area (Å²) in [5, 5.41) is 3.40. The highest BCUT2D eigenvalue weighted by Crippen LogP contribution is 2.60. The normalized spacial score (nSPS) is 33.6. The molecule has 4 aliphatic carbocycles. The van der Waals surface area contributed by atoms with Crippen molar-refractivity contribution in [3.8, 4) is 0 Å². The molecule has 0 saturated heterocycles. The van der Waals surface area contributed by atoms with Gasteiger partial charge in [-0.25, -0.2) is 4.98 Å². The summed E-state index contributed by atoms with van der Waals surface area (Å²) >= 11 is 3.43. The fourth-order valence-corrected chi connectivity index (χ4v) is 6.20. The molecule has 0 radical (unpaired) electrons. The highest BCUT2D eigenvalue weighted by molar-refractivity contribution is 9.10. The van der Waals surface area contributed by atoms with Gasteiger partial charge in [-0.2, -0.15) is 0 Å². The number of anilines is 2. The van der Waals surface area contributed by atoms with Crippen LogP contribution in [-0.2, 0) is 5.41 Å². The third-order valence-electron chi connectivity index (χ3n) is 6.54. The summed E-state index contributed by atoms with van der Waals surface area (Å²) < 4.78 is 1.00. The Labute approximate surface area is 152 Å². The highest BCUT2D eigenvalue weighted by atomic mass is 79.9. The Hall–Kier alpha value is -1.35. The maximum Gasteiger partial charge on any atom is 0.130 e. The zero-order valence-corrected chi connectivity index (χ0v) is 15.4. The second kappa shape index (κ2) is 5.59. The zero-order valence-electron chi connectivity index (χ0n) is 13.8. The van der Waals surface area contributed by atoms with Crippen LogP contribution in [0.2, 0.25) is 0 Å². The van der Waals surface area contributed by atoms with Crippen molar-refractivity contribution in [2.24, 2.45) is 17.8 Å². The lowest BCUT2D eigenvalue weighted by Crippen LogP contribution is -2.48. The Morgan fingerprint density at radius 1 is 0.875 bits per heavy atom. The van der Waals surface area contributed by atoms with E-state index in [4.69, 9.17) is 0 Å². The van der Waals surface area contributed by atoms with Crippen LogP contribution in [0.1, 0.15) is 44.1 Å². The molecule has 6 rings (SSSR count). The molecule has 1 heterocycles. The second-order valence-corrected chi connectivity index (χ2v) is 9.18. The third-order valence-corrected chi connectivity index (χ3v) is 7.00. The first-order valence-corrected chi connectivity index (χ1v) is 9.97. The van der Waals surface area contributed by atoms with Crippen LogP contribution in [0.4, 0.5) is 11.5 Å². The molecule has 2 nitrogen and oxygen atoms in total. The highest BCUT2D eigenvalue weighted by Gasteiger charge is 2.51. The number of nitrogens with one attached hydrogen (secondary N) is 1. The van der Waals surface area contributed by atoms with E-state index in [9.17, 15) is 0 Å². The molecule has 3 heteroatoms. The second-order valence-electron chi connectivity index (χ2n) is 8.26. The molecule has 4 aliphatic rings. The van der Waals surface area contributed by atoms with Gasteiger partial charge in [-0.3, -0.25) is 0 Å². The average molecular weight is 383 g/mol. The van der Waals surface area contributed by atoms with Gasteiger partial charge in [-0.1, -0.05) is 12.1 Å². The Morgan fingerprint density at radius 2 is 1.50 bits per heavy atom. The van der Waals surface area contributed by atoms with Crippen molar-refractivity contribution in [2.45, 2.75) is 43.9 Å². The number of aromatic nitrogens is 1. The van der Waals surface area contributed by atoms with Crippen molar-refractivity contribution in [3.05, 3.63) is 52.6 Å². The first-order valence-electron chi connectivity index (χ1n) is 9.18. The molecule has 24 heavy (non-hydrogen) atoms. The molecular formula is C21H23BrN2. The van der Waals surface area contributed by atoms with E-state index in [0.29, 0.717) is 5.41 Å². The Kier molecular flexibility index (Phi) is 3.48. The molecular weight excluding hydrogens is 360 g/mol. The predicted molar refractivity (Wildman–Crippen MR) is 102 cm³/mol. The van der Waals surface area contributed by atoms with E-state index in [2.05, 4.69) is 50.5 Å². The van der Waals surface area contributed by atoms with Crippen molar-refractivity contribution in [3.63, 3.8) is 0 Å². The number of pyridine rings is 1. The summed E-state index contributed by atoms with van der Waals surface area (Å²) in [6.45, 7) is 0. The number of rotatable bonds is 3. The third kappa shape index (κ3) is 2.57. The van der Waals surface area contributed by atoms with Gasteiger partial charge in [0.2, 0.25) is 0 Å². The summed E-state index contributed by atoms with van der Waals surface area (Å²) in [7, 11) is 0.